The van der Waals surface area contributed by atoms with Crippen molar-refractivity contribution in [2.24, 2.45) is 11.3 Å². The second-order valence-corrected chi connectivity index (χ2v) is 6.82. The lowest BCUT2D eigenvalue weighted by molar-refractivity contribution is 0.258. The van der Waals surface area contributed by atoms with Crippen molar-refractivity contribution in [3.05, 3.63) is 22.4 Å². The van der Waals surface area contributed by atoms with Crippen molar-refractivity contribution in [3.8, 4) is 0 Å². The van der Waals surface area contributed by atoms with E-state index in [-0.39, 0.29) is 0 Å². The molecule has 0 aromatic carbocycles. The molecule has 1 aromatic heterocycles. The Balaban J connectivity index is 1.48. The molecule has 1 N–H and O–H groups in total. The molecule has 0 bridgehead atoms. The molecule has 2 heterocycles. The average Bonchev–Trinajstić information content (AvgIpc) is 2.78. The van der Waals surface area contributed by atoms with Gasteiger partial charge >= 0.3 is 0 Å². The fraction of sp³-hybridized carbons (Fsp3) is 0.714. The van der Waals surface area contributed by atoms with E-state index in [1.54, 1.807) is 0 Å². The lowest BCUT2D eigenvalue weighted by atomic mass is 9.92. The molecule has 1 saturated carbocycles. The fourth-order valence-electron chi connectivity index (χ4n) is 3.34. The Morgan fingerprint density at radius 3 is 3.00 bits per heavy atom. The van der Waals surface area contributed by atoms with Crippen LogP contribution in [0.25, 0.3) is 0 Å². The first-order chi connectivity index (χ1) is 8.28. The number of thiophene rings is 1. The monoisotopic (exact) mass is 250 g/mol. The van der Waals surface area contributed by atoms with Gasteiger partial charge in [0, 0.05) is 18.0 Å². The van der Waals surface area contributed by atoms with E-state index < -0.39 is 0 Å². The summed E-state index contributed by atoms with van der Waals surface area (Å²) in [5, 5.41) is 5.65. The molecule has 2 nitrogen and oxygen atoms in total. The predicted molar refractivity (Wildman–Crippen MR) is 73.3 cm³/mol. The molecule has 3 rings (SSSR count). The molecule has 1 aliphatic carbocycles. The zero-order valence-corrected chi connectivity index (χ0v) is 11.4. The molecule has 1 aliphatic heterocycles. The van der Waals surface area contributed by atoms with Gasteiger partial charge in [-0.2, -0.15) is 0 Å². The van der Waals surface area contributed by atoms with Gasteiger partial charge in [0.15, 0.2) is 0 Å². The van der Waals surface area contributed by atoms with E-state index in [2.05, 4.69) is 34.8 Å². The second kappa shape index (κ2) is 4.71. The minimum atomic E-state index is 0.731. The van der Waals surface area contributed by atoms with Crippen LogP contribution in [0.15, 0.2) is 17.5 Å². The van der Waals surface area contributed by atoms with Crippen molar-refractivity contribution in [1.82, 2.24) is 10.2 Å². The molecule has 17 heavy (non-hydrogen) atoms. The summed E-state index contributed by atoms with van der Waals surface area (Å²) in [6, 6.07) is 4.40. The summed E-state index contributed by atoms with van der Waals surface area (Å²) < 4.78 is 0. The summed E-state index contributed by atoms with van der Waals surface area (Å²) in [6.07, 6.45) is 4.29. The second-order valence-electron chi connectivity index (χ2n) is 5.79. The van der Waals surface area contributed by atoms with Crippen molar-refractivity contribution in [2.45, 2.75) is 25.8 Å². The zero-order chi connectivity index (χ0) is 11.7. The SMILES string of the molecule is CN(Cc1cccs1)CC1CC12CCNCC2. The van der Waals surface area contributed by atoms with Crippen LogP contribution < -0.4 is 5.32 Å². The molecule has 1 spiro atoms. The van der Waals surface area contributed by atoms with Gasteiger partial charge in [-0.15, -0.1) is 11.3 Å². The molecule has 2 fully saturated rings. The maximum Gasteiger partial charge on any atom is 0.0324 e. The van der Waals surface area contributed by atoms with Gasteiger partial charge in [-0.1, -0.05) is 6.07 Å². The van der Waals surface area contributed by atoms with E-state index in [1.165, 1.54) is 43.8 Å². The molecule has 1 unspecified atom stereocenters. The van der Waals surface area contributed by atoms with Gasteiger partial charge in [-0.25, -0.2) is 0 Å². The molecular weight excluding hydrogens is 228 g/mol. The van der Waals surface area contributed by atoms with E-state index in [9.17, 15) is 0 Å². The Labute approximate surface area is 108 Å². The van der Waals surface area contributed by atoms with E-state index in [0.717, 1.165) is 17.9 Å². The number of piperidine rings is 1. The minimum absolute atomic E-state index is 0.731. The first-order valence-corrected chi connectivity index (χ1v) is 7.58. The van der Waals surface area contributed by atoms with E-state index in [0.29, 0.717) is 0 Å². The van der Waals surface area contributed by atoms with Crippen LogP contribution in [0, 0.1) is 11.3 Å². The van der Waals surface area contributed by atoms with Gasteiger partial charge in [0.1, 0.15) is 0 Å². The van der Waals surface area contributed by atoms with Crippen molar-refractivity contribution >= 4 is 11.3 Å². The van der Waals surface area contributed by atoms with Gasteiger partial charge in [0.25, 0.3) is 0 Å². The third-order valence-corrected chi connectivity index (χ3v) is 5.36. The number of nitrogens with zero attached hydrogens (tertiary/aromatic N) is 1. The summed E-state index contributed by atoms with van der Waals surface area (Å²) in [4.78, 5) is 4.00. The maximum atomic E-state index is 3.48. The molecule has 94 valence electrons. The normalized spacial score (nSPS) is 26.6. The first-order valence-electron chi connectivity index (χ1n) is 6.70. The zero-order valence-electron chi connectivity index (χ0n) is 10.6. The van der Waals surface area contributed by atoms with Crippen LogP contribution in [-0.4, -0.2) is 31.6 Å². The Kier molecular flexibility index (Phi) is 3.24. The van der Waals surface area contributed by atoms with Crippen molar-refractivity contribution < 1.29 is 0 Å². The van der Waals surface area contributed by atoms with E-state index in [1.807, 2.05) is 11.3 Å². The fourth-order valence-corrected chi connectivity index (χ4v) is 4.12. The Hall–Kier alpha value is -0.380. The summed E-state index contributed by atoms with van der Waals surface area (Å²) in [5.41, 5.74) is 0.731. The number of hydrogen-bond acceptors (Lipinski definition) is 3. The van der Waals surface area contributed by atoms with Gasteiger partial charge in [-0.3, -0.25) is 0 Å². The van der Waals surface area contributed by atoms with E-state index in [4.69, 9.17) is 0 Å². The highest BCUT2D eigenvalue weighted by molar-refractivity contribution is 7.09. The highest BCUT2D eigenvalue weighted by atomic mass is 32.1. The van der Waals surface area contributed by atoms with E-state index >= 15 is 0 Å². The molecule has 0 radical (unpaired) electrons. The van der Waals surface area contributed by atoms with Gasteiger partial charge in [-0.05, 0) is 62.2 Å². The maximum absolute atomic E-state index is 3.48. The quantitative estimate of drug-likeness (QED) is 0.883. The van der Waals surface area contributed by atoms with Crippen LogP contribution in [0.2, 0.25) is 0 Å². The lowest BCUT2D eigenvalue weighted by Crippen LogP contribution is -2.31. The van der Waals surface area contributed by atoms with Crippen molar-refractivity contribution in [3.63, 3.8) is 0 Å². The summed E-state index contributed by atoms with van der Waals surface area (Å²) in [7, 11) is 2.27. The van der Waals surface area contributed by atoms with Gasteiger partial charge < -0.3 is 10.2 Å². The number of hydrogen-bond donors (Lipinski definition) is 1. The Morgan fingerprint density at radius 2 is 2.29 bits per heavy atom. The van der Waals surface area contributed by atoms with Crippen LogP contribution in [0.5, 0.6) is 0 Å². The molecule has 2 aliphatic rings. The molecule has 1 saturated heterocycles. The summed E-state index contributed by atoms with van der Waals surface area (Å²) in [6.45, 7) is 4.90. The average molecular weight is 250 g/mol. The molecule has 0 amide bonds. The van der Waals surface area contributed by atoms with Gasteiger partial charge in [0.2, 0.25) is 0 Å². The number of rotatable bonds is 4. The molecular formula is C14H22N2S. The van der Waals surface area contributed by atoms with Crippen LogP contribution in [-0.2, 0) is 6.54 Å². The highest BCUT2D eigenvalue weighted by Gasteiger charge is 2.53. The van der Waals surface area contributed by atoms with Crippen molar-refractivity contribution in [2.75, 3.05) is 26.7 Å². The smallest absolute Gasteiger partial charge is 0.0324 e. The highest BCUT2D eigenvalue weighted by Crippen LogP contribution is 2.58. The molecule has 1 aromatic rings. The van der Waals surface area contributed by atoms with Crippen molar-refractivity contribution in [1.29, 1.82) is 0 Å². The molecule has 1 atom stereocenters. The standard InChI is InChI=1S/C14H22N2S/c1-16(11-13-3-2-8-17-13)10-12-9-14(12)4-6-15-7-5-14/h2-3,8,12,15H,4-7,9-11H2,1H3. The van der Waals surface area contributed by atoms with Crippen LogP contribution in [0.1, 0.15) is 24.1 Å². The Bertz CT molecular complexity index is 354. The van der Waals surface area contributed by atoms with Gasteiger partial charge in [0.05, 0.1) is 0 Å². The van der Waals surface area contributed by atoms with Crippen LogP contribution >= 0.6 is 11.3 Å². The summed E-state index contributed by atoms with van der Waals surface area (Å²) in [5.74, 6) is 0.967. The largest absolute Gasteiger partial charge is 0.317 e. The third-order valence-electron chi connectivity index (χ3n) is 4.50. The molecule has 3 heteroatoms. The predicted octanol–water partition coefficient (Wildman–Crippen LogP) is 2.57. The first kappa shape index (κ1) is 11.7. The third kappa shape index (κ3) is 2.56. The lowest BCUT2D eigenvalue weighted by Gasteiger charge is -2.25. The topological polar surface area (TPSA) is 15.3 Å². The summed E-state index contributed by atoms with van der Waals surface area (Å²) >= 11 is 1.87. The number of nitrogens with one attached hydrogen (secondary N) is 1. The Morgan fingerprint density at radius 1 is 1.47 bits per heavy atom. The van der Waals surface area contributed by atoms with Crippen LogP contribution in [0.3, 0.4) is 0 Å². The van der Waals surface area contributed by atoms with Crippen LogP contribution in [0.4, 0.5) is 0 Å². The minimum Gasteiger partial charge on any atom is -0.317 e.